The molecule has 3 aromatic carbocycles. The summed E-state index contributed by atoms with van der Waals surface area (Å²) in [5.74, 6) is 0.0303. The number of anilines is 1. The molecule has 0 spiro atoms. The number of benzene rings is 3. The van der Waals surface area contributed by atoms with Gasteiger partial charge >= 0.3 is 0 Å². The van der Waals surface area contributed by atoms with E-state index in [0.717, 1.165) is 30.8 Å². The quantitative estimate of drug-likeness (QED) is 0.427. The van der Waals surface area contributed by atoms with E-state index in [9.17, 15) is 13.2 Å². The molecule has 1 unspecified atom stereocenters. The SMILES string of the molecule is CC(C)(C)c1ccc2c(c1)N(S(=O)(=O)c1ccccc1)CC(C(=O)NCc1cccc(CN3CCCCC3)c1)O2. The van der Waals surface area contributed by atoms with Gasteiger partial charge in [-0.05, 0) is 72.3 Å². The van der Waals surface area contributed by atoms with E-state index in [-0.39, 0.29) is 22.8 Å². The minimum Gasteiger partial charge on any atom is -0.476 e. The lowest BCUT2D eigenvalue weighted by Gasteiger charge is -2.36. The van der Waals surface area contributed by atoms with E-state index in [1.807, 2.05) is 24.3 Å². The molecule has 40 heavy (non-hydrogen) atoms. The highest BCUT2D eigenvalue weighted by atomic mass is 32.2. The summed E-state index contributed by atoms with van der Waals surface area (Å²) in [6.07, 6.45) is 2.81. The van der Waals surface area contributed by atoms with Crippen LogP contribution >= 0.6 is 0 Å². The van der Waals surface area contributed by atoms with Crippen LogP contribution in [0.3, 0.4) is 0 Å². The number of rotatable bonds is 7. The van der Waals surface area contributed by atoms with Crippen LogP contribution in [0.4, 0.5) is 5.69 Å². The molecular weight excluding hydrogens is 522 g/mol. The molecule has 1 atom stereocenters. The molecule has 0 bridgehead atoms. The highest BCUT2D eigenvalue weighted by Gasteiger charge is 2.38. The zero-order valence-electron chi connectivity index (χ0n) is 23.6. The van der Waals surface area contributed by atoms with E-state index in [1.54, 1.807) is 36.4 Å². The second kappa shape index (κ2) is 11.6. The number of hydrogen-bond acceptors (Lipinski definition) is 5. The molecule has 5 rings (SSSR count). The van der Waals surface area contributed by atoms with Crippen LogP contribution in [-0.2, 0) is 33.3 Å². The molecule has 1 saturated heterocycles. The van der Waals surface area contributed by atoms with Crippen molar-refractivity contribution < 1.29 is 17.9 Å². The number of carbonyl (C=O) groups excluding carboxylic acids is 1. The Bertz CT molecular complexity index is 1440. The van der Waals surface area contributed by atoms with Crippen molar-refractivity contribution in [2.45, 2.75) is 69.5 Å². The maximum absolute atomic E-state index is 13.8. The molecule has 0 saturated carbocycles. The number of sulfonamides is 1. The van der Waals surface area contributed by atoms with Crippen LogP contribution in [0.5, 0.6) is 5.75 Å². The number of ether oxygens (including phenoxy) is 1. The first kappa shape index (κ1) is 28.2. The van der Waals surface area contributed by atoms with Crippen molar-refractivity contribution in [3.05, 3.63) is 89.5 Å². The number of nitrogens with one attached hydrogen (secondary N) is 1. The summed E-state index contributed by atoms with van der Waals surface area (Å²) in [5.41, 5.74) is 3.48. The Kier molecular flexibility index (Phi) is 8.19. The lowest BCUT2D eigenvalue weighted by Crippen LogP contribution is -2.50. The summed E-state index contributed by atoms with van der Waals surface area (Å²) >= 11 is 0. The van der Waals surface area contributed by atoms with Gasteiger partial charge in [-0.25, -0.2) is 8.42 Å². The van der Waals surface area contributed by atoms with Gasteiger partial charge in [0.1, 0.15) is 5.75 Å². The first-order chi connectivity index (χ1) is 19.1. The van der Waals surface area contributed by atoms with Crippen molar-refractivity contribution >= 4 is 21.6 Å². The van der Waals surface area contributed by atoms with Gasteiger partial charge in [-0.1, -0.05) is 75.7 Å². The van der Waals surface area contributed by atoms with Crippen LogP contribution in [0, 0.1) is 0 Å². The molecule has 2 heterocycles. The van der Waals surface area contributed by atoms with Gasteiger partial charge in [-0.3, -0.25) is 14.0 Å². The van der Waals surface area contributed by atoms with Crippen molar-refractivity contribution in [2.24, 2.45) is 0 Å². The largest absolute Gasteiger partial charge is 0.476 e. The third kappa shape index (κ3) is 6.34. The summed E-state index contributed by atoms with van der Waals surface area (Å²) in [6.45, 7) is 9.62. The third-order valence-corrected chi connectivity index (χ3v) is 9.43. The Balaban J connectivity index is 1.35. The predicted molar refractivity (Wildman–Crippen MR) is 158 cm³/mol. The van der Waals surface area contributed by atoms with Crippen molar-refractivity contribution in [3.63, 3.8) is 0 Å². The Morgan fingerprint density at radius 2 is 1.65 bits per heavy atom. The minimum absolute atomic E-state index is 0.112. The average molecular weight is 562 g/mol. The molecule has 0 aliphatic carbocycles. The van der Waals surface area contributed by atoms with Crippen molar-refractivity contribution in [3.8, 4) is 5.75 Å². The predicted octanol–water partition coefficient (Wildman–Crippen LogP) is 5.24. The van der Waals surface area contributed by atoms with Crippen LogP contribution in [0.1, 0.15) is 56.7 Å². The monoisotopic (exact) mass is 561 g/mol. The van der Waals surface area contributed by atoms with Gasteiger partial charge in [0.2, 0.25) is 0 Å². The van der Waals surface area contributed by atoms with Crippen LogP contribution in [-0.4, -0.2) is 45.0 Å². The van der Waals surface area contributed by atoms with Crippen LogP contribution < -0.4 is 14.4 Å². The van der Waals surface area contributed by atoms with Gasteiger partial charge < -0.3 is 10.1 Å². The Morgan fingerprint density at radius 1 is 0.925 bits per heavy atom. The van der Waals surface area contributed by atoms with Crippen molar-refractivity contribution in [1.82, 2.24) is 10.2 Å². The van der Waals surface area contributed by atoms with E-state index in [2.05, 4.69) is 43.1 Å². The van der Waals surface area contributed by atoms with Gasteiger partial charge in [0, 0.05) is 13.1 Å². The van der Waals surface area contributed by atoms with Crippen LogP contribution in [0.25, 0.3) is 0 Å². The lowest BCUT2D eigenvalue weighted by atomic mass is 9.86. The molecule has 8 heteroatoms. The number of hydrogen-bond donors (Lipinski definition) is 1. The number of carbonyl (C=O) groups is 1. The topological polar surface area (TPSA) is 79.0 Å². The fourth-order valence-electron chi connectivity index (χ4n) is 5.32. The van der Waals surface area contributed by atoms with E-state index >= 15 is 0 Å². The van der Waals surface area contributed by atoms with Gasteiger partial charge in [-0.2, -0.15) is 0 Å². The Morgan fingerprint density at radius 3 is 2.38 bits per heavy atom. The van der Waals surface area contributed by atoms with Gasteiger partial charge in [0.05, 0.1) is 17.1 Å². The summed E-state index contributed by atoms with van der Waals surface area (Å²) < 4.78 is 35.0. The highest BCUT2D eigenvalue weighted by molar-refractivity contribution is 7.92. The van der Waals surface area contributed by atoms with Crippen LogP contribution in [0.2, 0.25) is 0 Å². The van der Waals surface area contributed by atoms with Crippen molar-refractivity contribution in [1.29, 1.82) is 0 Å². The molecule has 1 fully saturated rings. The van der Waals surface area contributed by atoms with Gasteiger partial charge in [0.15, 0.2) is 6.10 Å². The minimum atomic E-state index is -3.92. The molecule has 0 radical (unpaired) electrons. The first-order valence-electron chi connectivity index (χ1n) is 14.1. The van der Waals surface area contributed by atoms with E-state index in [4.69, 9.17) is 4.74 Å². The summed E-state index contributed by atoms with van der Waals surface area (Å²) in [4.78, 5) is 16.0. The molecule has 1 amide bonds. The van der Waals surface area contributed by atoms with E-state index in [1.165, 1.54) is 29.1 Å². The standard InChI is InChI=1S/C32H39N3O4S/c1-32(2,3)26-15-16-29-28(20-26)35(40(37,38)27-13-6-4-7-14-27)23-30(39-29)31(36)33-21-24-11-10-12-25(19-24)22-34-17-8-5-9-18-34/h4,6-7,10-16,19-20,30H,5,8-9,17-18,21-23H2,1-3H3,(H,33,36). The fourth-order valence-corrected chi connectivity index (χ4v) is 6.81. The second-order valence-corrected chi connectivity index (χ2v) is 13.6. The second-order valence-electron chi connectivity index (χ2n) is 11.8. The third-order valence-electron chi connectivity index (χ3n) is 7.63. The molecule has 1 N–H and O–H groups in total. The van der Waals surface area contributed by atoms with Crippen molar-refractivity contribution in [2.75, 3.05) is 23.9 Å². The lowest BCUT2D eigenvalue weighted by molar-refractivity contribution is -0.127. The number of amides is 1. The molecule has 3 aromatic rings. The molecule has 2 aliphatic heterocycles. The summed E-state index contributed by atoms with van der Waals surface area (Å²) in [7, 11) is -3.92. The Labute approximate surface area is 238 Å². The fraction of sp³-hybridized carbons (Fsp3) is 0.406. The smallest absolute Gasteiger partial charge is 0.264 e. The molecule has 2 aliphatic rings. The zero-order chi connectivity index (χ0) is 28.3. The Hall–Kier alpha value is -3.36. The summed E-state index contributed by atoms with van der Waals surface area (Å²) in [6, 6.07) is 22.2. The number of fused-ring (bicyclic) bond motifs is 1. The van der Waals surface area contributed by atoms with E-state index in [0.29, 0.717) is 18.0 Å². The van der Waals surface area contributed by atoms with Gasteiger partial charge in [-0.15, -0.1) is 0 Å². The van der Waals surface area contributed by atoms with Crippen LogP contribution in [0.15, 0.2) is 77.7 Å². The summed E-state index contributed by atoms with van der Waals surface area (Å²) in [5, 5.41) is 2.98. The molecule has 7 nitrogen and oxygen atoms in total. The molecule has 212 valence electrons. The highest BCUT2D eigenvalue weighted by Crippen LogP contribution is 2.40. The zero-order valence-corrected chi connectivity index (χ0v) is 24.4. The number of likely N-dealkylation sites (tertiary alicyclic amines) is 1. The normalized spacial score (nSPS) is 18.1. The maximum atomic E-state index is 13.8. The van der Waals surface area contributed by atoms with Gasteiger partial charge in [0.25, 0.3) is 15.9 Å². The molecule has 0 aromatic heterocycles. The maximum Gasteiger partial charge on any atom is 0.264 e. The molecular formula is C32H39N3O4S. The van der Waals surface area contributed by atoms with E-state index < -0.39 is 16.1 Å². The first-order valence-corrected chi connectivity index (χ1v) is 15.5. The number of nitrogens with zero attached hydrogens (tertiary/aromatic N) is 2. The number of piperidine rings is 1. The average Bonchev–Trinajstić information content (AvgIpc) is 2.95.